The molecule has 0 fully saturated rings. The van der Waals surface area contributed by atoms with Gasteiger partial charge in [-0.1, -0.05) is 12.1 Å². The van der Waals surface area contributed by atoms with Crippen LogP contribution in [-0.2, 0) is 5.60 Å². The van der Waals surface area contributed by atoms with Gasteiger partial charge in [0, 0.05) is 22.9 Å². The van der Waals surface area contributed by atoms with E-state index in [9.17, 15) is 27.1 Å². The number of ether oxygens (including phenoxy) is 1. The maximum atomic E-state index is 14.9. The summed E-state index contributed by atoms with van der Waals surface area (Å²) in [6, 6.07) is 10.5. The molecule has 0 bridgehead atoms. The van der Waals surface area contributed by atoms with Crippen molar-refractivity contribution in [2.75, 3.05) is 0 Å². The van der Waals surface area contributed by atoms with E-state index in [0.717, 1.165) is 12.1 Å². The van der Waals surface area contributed by atoms with E-state index in [4.69, 9.17) is 0 Å². The number of halogens is 5. The van der Waals surface area contributed by atoms with Crippen molar-refractivity contribution < 1.29 is 31.8 Å². The van der Waals surface area contributed by atoms with Crippen molar-refractivity contribution in [3.8, 4) is 28.1 Å². The smallest absolute Gasteiger partial charge is 0.406 e. The summed E-state index contributed by atoms with van der Waals surface area (Å²) in [6.07, 6.45) is -1.94. The van der Waals surface area contributed by atoms with Gasteiger partial charge in [0.15, 0.2) is 11.5 Å². The highest BCUT2D eigenvalue weighted by molar-refractivity contribution is 5.74. The maximum absolute atomic E-state index is 14.9. The SMILES string of the molecule is CC(C)(O)c1ccn2c(-c3ccc(F)c(-c4cccc(OC(F)(F)F)c4)c3)cnc2c1F. The lowest BCUT2D eigenvalue weighted by molar-refractivity contribution is -0.274. The number of alkyl halides is 3. The highest BCUT2D eigenvalue weighted by Gasteiger charge is 2.31. The summed E-state index contributed by atoms with van der Waals surface area (Å²) in [6.45, 7) is 2.91. The van der Waals surface area contributed by atoms with Gasteiger partial charge in [-0.2, -0.15) is 0 Å². The van der Waals surface area contributed by atoms with E-state index < -0.39 is 29.3 Å². The first kappa shape index (κ1) is 21.8. The number of hydrogen-bond acceptors (Lipinski definition) is 3. The zero-order valence-electron chi connectivity index (χ0n) is 16.9. The second kappa shape index (κ2) is 7.59. The molecule has 0 spiro atoms. The molecule has 9 heteroatoms. The molecule has 2 aromatic heterocycles. The molecule has 0 atom stereocenters. The Hall–Kier alpha value is -3.46. The standard InChI is InChI=1S/C23H17F5N2O2/c1-22(2,31)17-8-9-30-19(12-29-21(30)20(17)25)14-6-7-18(24)16(11-14)13-4-3-5-15(10-13)32-23(26,27)28/h3-12,31H,1-2H3. The van der Waals surface area contributed by atoms with Gasteiger partial charge in [-0.05, 0) is 55.8 Å². The Morgan fingerprint density at radius 1 is 0.969 bits per heavy atom. The summed E-state index contributed by atoms with van der Waals surface area (Å²) in [5.41, 5.74) is -0.245. The summed E-state index contributed by atoms with van der Waals surface area (Å²) in [5, 5.41) is 10.1. The van der Waals surface area contributed by atoms with Gasteiger partial charge >= 0.3 is 6.36 Å². The van der Waals surface area contributed by atoms with Crippen molar-refractivity contribution in [1.82, 2.24) is 9.38 Å². The molecule has 4 rings (SSSR count). The van der Waals surface area contributed by atoms with E-state index in [1.807, 2.05) is 0 Å². The molecular weight excluding hydrogens is 431 g/mol. The van der Waals surface area contributed by atoms with Crippen LogP contribution < -0.4 is 4.74 Å². The average molecular weight is 448 g/mol. The number of fused-ring (bicyclic) bond motifs is 1. The van der Waals surface area contributed by atoms with Crippen molar-refractivity contribution in [2.24, 2.45) is 0 Å². The van der Waals surface area contributed by atoms with Gasteiger partial charge in [-0.25, -0.2) is 13.8 Å². The van der Waals surface area contributed by atoms with E-state index in [1.54, 1.807) is 0 Å². The lowest BCUT2D eigenvalue weighted by atomic mass is 9.99. The van der Waals surface area contributed by atoms with Crippen LogP contribution >= 0.6 is 0 Å². The Bertz CT molecular complexity index is 1310. The number of hydrogen-bond donors (Lipinski definition) is 1. The minimum absolute atomic E-state index is 0.0222. The summed E-state index contributed by atoms with van der Waals surface area (Å²) < 4.78 is 72.4. The molecule has 0 aliphatic heterocycles. The van der Waals surface area contributed by atoms with Crippen LogP contribution in [0, 0.1) is 11.6 Å². The van der Waals surface area contributed by atoms with Gasteiger partial charge in [0.05, 0.1) is 17.5 Å². The van der Waals surface area contributed by atoms with Crippen LogP contribution in [0.1, 0.15) is 19.4 Å². The van der Waals surface area contributed by atoms with E-state index >= 15 is 0 Å². The normalized spacial score (nSPS) is 12.4. The third-order valence-corrected chi connectivity index (χ3v) is 4.92. The minimum atomic E-state index is -4.87. The monoisotopic (exact) mass is 448 g/mol. The maximum Gasteiger partial charge on any atom is 0.573 e. The first-order valence-corrected chi connectivity index (χ1v) is 9.48. The van der Waals surface area contributed by atoms with E-state index in [0.29, 0.717) is 11.3 Å². The van der Waals surface area contributed by atoms with E-state index in [1.165, 1.54) is 67.0 Å². The van der Waals surface area contributed by atoms with Gasteiger partial charge in [0.2, 0.25) is 0 Å². The van der Waals surface area contributed by atoms with Crippen molar-refractivity contribution >= 4 is 5.65 Å². The predicted molar refractivity (Wildman–Crippen MR) is 108 cm³/mol. The lowest BCUT2D eigenvalue weighted by Gasteiger charge is -2.18. The van der Waals surface area contributed by atoms with Gasteiger partial charge in [-0.15, -0.1) is 13.2 Å². The third-order valence-electron chi connectivity index (χ3n) is 4.92. The molecule has 0 radical (unpaired) electrons. The molecule has 2 aromatic carbocycles. The van der Waals surface area contributed by atoms with E-state index in [-0.39, 0.29) is 22.3 Å². The largest absolute Gasteiger partial charge is 0.573 e. The van der Waals surface area contributed by atoms with Crippen LogP contribution in [0.15, 0.2) is 60.9 Å². The number of aliphatic hydroxyl groups is 1. The fraction of sp³-hybridized carbons (Fsp3) is 0.174. The molecule has 0 amide bonds. The molecule has 166 valence electrons. The quantitative estimate of drug-likeness (QED) is 0.386. The van der Waals surface area contributed by atoms with Crippen LogP contribution in [0.25, 0.3) is 28.0 Å². The summed E-state index contributed by atoms with van der Waals surface area (Å²) in [4.78, 5) is 4.09. The van der Waals surface area contributed by atoms with Crippen molar-refractivity contribution in [1.29, 1.82) is 0 Å². The third kappa shape index (κ3) is 4.16. The first-order chi connectivity index (χ1) is 14.9. The Kier molecular flexibility index (Phi) is 5.16. The molecular formula is C23H17F5N2O2. The Morgan fingerprint density at radius 3 is 2.41 bits per heavy atom. The highest BCUT2D eigenvalue weighted by Crippen LogP contribution is 2.33. The van der Waals surface area contributed by atoms with Crippen LogP contribution in [0.2, 0.25) is 0 Å². The summed E-state index contributed by atoms with van der Waals surface area (Å²) in [5.74, 6) is -1.82. The van der Waals surface area contributed by atoms with Gasteiger partial charge in [0.1, 0.15) is 11.6 Å². The number of rotatable bonds is 4. The number of aromatic nitrogens is 2. The fourth-order valence-corrected chi connectivity index (χ4v) is 3.47. The number of benzene rings is 2. The zero-order chi connectivity index (χ0) is 23.3. The summed E-state index contributed by atoms with van der Waals surface area (Å²) in [7, 11) is 0. The van der Waals surface area contributed by atoms with Crippen LogP contribution in [0.3, 0.4) is 0 Å². The topological polar surface area (TPSA) is 46.8 Å². The molecule has 0 saturated carbocycles. The Balaban J connectivity index is 1.80. The average Bonchev–Trinajstić information content (AvgIpc) is 3.11. The second-order valence-electron chi connectivity index (χ2n) is 7.71. The van der Waals surface area contributed by atoms with Gasteiger partial charge in [-0.3, -0.25) is 4.40 Å². The number of pyridine rings is 1. The molecule has 0 aliphatic carbocycles. The van der Waals surface area contributed by atoms with Crippen LogP contribution in [-0.4, -0.2) is 20.9 Å². The molecule has 1 N–H and O–H groups in total. The molecule has 4 nitrogen and oxygen atoms in total. The fourth-order valence-electron chi connectivity index (χ4n) is 3.47. The molecule has 2 heterocycles. The molecule has 0 aliphatic rings. The molecule has 32 heavy (non-hydrogen) atoms. The second-order valence-corrected chi connectivity index (χ2v) is 7.71. The highest BCUT2D eigenvalue weighted by atomic mass is 19.4. The van der Waals surface area contributed by atoms with Gasteiger partial charge in [0.25, 0.3) is 0 Å². The van der Waals surface area contributed by atoms with Crippen molar-refractivity contribution in [3.63, 3.8) is 0 Å². The van der Waals surface area contributed by atoms with Gasteiger partial charge < -0.3 is 9.84 Å². The van der Waals surface area contributed by atoms with Crippen LogP contribution in [0.4, 0.5) is 22.0 Å². The molecule has 0 unspecified atom stereocenters. The minimum Gasteiger partial charge on any atom is -0.406 e. The molecule has 4 aromatic rings. The Morgan fingerprint density at radius 2 is 1.72 bits per heavy atom. The lowest BCUT2D eigenvalue weighted by Crippen LogP contribution is -2.18. The number of imidazole rings is 1. The van der Waals surface area contributed by atoms with Crippen LogP contribution in [0.5, 0.6) is 5.75 Å². The number of nitrogens with zero attached hydrogens (tertiary/aromatic N) is 2. The zero-order valence-corrected chi connectivity index (χ0v) is 16.9. The molecule has 0 saturated heterocycles. The van der Waals surface area contributed by atoms with Crippen molar-refractivity contribution in [3.05, 3.63) is 78.1 Å². The van der Waals surface area contributed by atoms with Crippen molar-refractivity contribution in [2.45, 2.75) is 25.8 Å². The predicted octanol–water partition coefficient (Wildman–Crippen LogP) is 6.07. The first-order valence-electron chi connectivity index (χ1n) is 9.48. The summed E-state index contributed by atoms with van der Waals surface area (Å²) >= 11 is 0. The van der Waals surface area contributed by atoms with E-state index in [2.05, 4.69) is 9.72 Å². The Labute approximate surface area is 179 Å².